The minimum atomic E-state index is -0.780. The van der Waals surface area contributed by atoms with Gasteiger partial charge in [-0.15, -0.1) is 0 Å². The average molecular weight is 282 g/mol. The van der Waals surface area contributed by atoms with Crippen LogP contribution in [0.2, 0.25) is 0 Å². The third kappa shape index (κ3) is 3.73. The van der Waals surface area contributed by atoms with E-state index in [0.717, 1.165) is 31.3 Å². The number of hydrogen-bond donors (Lipinski definition) is 2. The molecule has 0 aromatic heterocycles. The normalized spacial score (nSPS) is 29.0. The number of carboxylic acids is 1. The molecule has 1 saturated carbocycles. The van der Waals surface area contributed by atoms with Gasteiger partial charge < -0.3 is 10.0 Å². The van der Waals surface area contributed by atoms with E-state index in [0.29, 0.717) is 6.42 Å². The van der Waals surface area contributed by atoms with Crippen LogP contribution in [0.25, 0.3) is 0 Å². The molecule has 4 nitrogen and oxygen atoms in total. The van der Waals surface area contributed by atoms with E-state index in [1.807, 2.05) is 20.8 Å². The summed E-state index contributed by atoms with van der Waals surface area (Å²) in [5.74, 6) is 0.221. The van der Waals surface area contributed by atoms with Gasteiger partial charge in [0.1, 0.15) is 5.54 Å². The Morgan fingerprint density at radius 1 is 1.40 bits per heavy atom. The highest BCUT2D eigenvalue weighted by molar-refractivity contribution is 5.78. The van der Waals surface area contributed by atoms with Crippen molar-refractivity contribution in [2.75, 3.05) is 13.1 Å². The van der Waals surface area contributed by atoms with Crippen molar-refractivity contribution in [1.82, 2.24) is 10.2 Å². The van der Waals surface area contributed by atoms with E-state index in [1.165, 1.54) is 25.8 Å². The molecular weight excluding hydrogens is 252 g/mol. The summed E-state index contributed by atoms with van der Waals surface area (Å²) >= 11 is 0. The fourth-order valence-corrected chi connectivity index (χ4v) is 3.97. The molecule has 0 radical (unpaired) electrons. The van der Waals surface area contributed by atoms with Gasteiger partial charge in [-0.2, -0.15) is 0 Å². The maximum atomic E-state index is 11.4. The van der Waals surface area contributed by atoms with Gasteiger partial charge in [-0.25, -0.2) is 0 Å². The van der Waals surface area contributed by atoms with Crippen LogP contribution in [0.15, 0.2) is 0 Å². The molecule has 3 unspecified atom stereocenters. The van der Waals surface area contributed by atoms with Gasteiger partial charge in [0.05, 0.1) is 0 Å². The topological polar surface area (TPSA) is 52.6 Å². The number of rotatable bonds is 8. The van der Waals surface area contributed by atoms with Crippen molar-refractivity contribution < 1.29 is 9.90 Å². The summed E-state index contributed by atoms with van der Waals surface area (Å²) in [6.07, 6.45) is 7.02. The minimum Gasteiger partial charge on any atom is -0.480 e. The van der Waals surface area contributed by atoms with Crippen molar-refractivity contribution >= 4 is 5.97 Å². The van der Waals surface area contributed by atoms with Crippen molar-refractivity contribution in [1.29, 1.82) is 0 Å². The van der Waals surface area contributed by atoms with Gasteiger partial charge in [0.2, 0.25) is 0 Å². The van der Waals surface area contributed by atoms with Gasteiger partial charge in [0.25, 0.3) is 0 Å². The number of fused-ring (bicyclic) bond motifs is 2. The first kappa shape index (κ1) is 15.8. The molecule has 1 aliphatic carbocycles. The Balaban J connectivity index is 1.69. The van der Waals surface area contributed by atoms with E-state index in [2.05, 4.69) is 10.2 Å². The molecule has 0 aromatic carbocycles. The number of nitrogens with zero attached hydrogens (tertiary/aromatic N) is 1. The van der Waals surface area contributed by atoms with Crippen LogP contribution >= 0.6 is 0 Å². The monoisotopic (exact) mass is 282 g/mol. The lowest BCUT2D eigenvalue weighted by Crippen LogP contribution is -2.52. The maximum Gasteiger partial charge on any atom is 0.323 e. The second-order valence-electron chi connectivity index (χ2n) is 7.22. The van der Waals surface area contributed by atoms with Crippen molar-refractivity contribution in [2.45, 2.75) is 76.9 Å². The number of carbonyl (C=O) groups is 1. The van der Waals surface area contributed by atoms with Crippen LogP contribution in [0.1, 0.15) is 59.3 Å². The van der Waals surface area contributed by atoms with Crippen LogP contribution in [-0.4, -0.2) is 46.7 Å². The highest BCUT2D eigenvalue weighted by Crippen LogP contribution is 2.37. The first-order valence-corrected chi connectivity index (χ1v) is 8.16. The number of nitrogens with one attached hydrogen (secondary N) is 1. The summed E-state index contributed by atoms with van der Waals surface area (Å²) in [6, 6.07) is 1.03. The zero-order valence-electron chi connectivity index (χ0n) is 13.2. The Bertz CT molecular complexity index is 345. The predicted molar refractivity (Wildman–Crippen MR) is 80.9 cm³/mol. The highest BCUT2D eigenvalue weighted by Gasteiger charge is 2.37. The molecule has 1 aliphatic heterocycles. The van der Waals surface area contributed by atoms with Gasteiger partial charge >= 0.3 is 5.97 Å². The fraction of sp³-hybridized carbons (Fsp3) is 0.938. The smallest absolute Gasteiger partial charge is 0.323 e. The van der Waals surface area contributed by atoms with Gasteiger partial charge in [0.15, 0.2) is 0 Å². The molecule has 1 heterocycles. The van der Waals surface area contributed by atoms with E-state index in [-0.39, 0.29) is 6.04 Å². The molecule has 3 atom stereocenters. The standard InChI is InChI=1S/C16H30N2O2/c1-12(2)17-16(3,15(19)20)8-4-5-9-18-11-13-6-7-14(18)10-13/h12-14,17H,4-11H2,1-3H3,(H,19,20). The lowest BCUT2D eigenvalue weighted by molar-refractivity contribution is -0.144. The van der Waals surface area contributed by atoms with E-state index < -0.39 is 11.5 Å². The van der Waals surface area contributed by atoms with E-state index in [1.54, 1.807) is 0 Å². The molecule has 116 valence electrons. The molecular formula is C16H30N2O2. The van der Waals surface area contributed by atoms with Crippen LogP contribution < -0.4 is 5.32 Å². The lowest BCUT2D eigenvalue weighted by Gasteiger charge is -2.30. The highest BCUT2D eigenvalue weighted by atomic mass is 16.4. The van der Waals surface area contributed by atoms with Crippen molar-refractivity contribution in [3.8, 4) is 0 Å². The Kier molecular flexibility index (Phi) is 5.08. The molecule has 4 heteroatoms. The summed E-state index contributed by atoms with van der Waals surface area (Å²) in [6.45, 7) is 8.25. The Morgan fingerprint density at radius 3 is 2.65 bits per heavy atom. The average Bonchev–Trinajstić information content (AvgIpc) is 2.95. The zero-order chi connectivity index (χ0) is 14.8. The Labute approximate surface area is 122 Å². The molecule has 2 bridgehead atoms. The van der Waals surface area contributed by atoms with Gasteiger partial charge in [-0.3, -0.25) is 10.1 Å². The predicted octanol–water partition coefficient (Wildman–Crippen LogP) is 2.48. The number of carboxylic acid groups (broad SMARTS) is 1. The zero-order valence-corrected chi connectivity index (χ0v) is 13.2. The third-order valence-corrected chi connectivity index (χ3v) is 4.97. The largest absolute Gasteiger partial charge is 0.480 e. The van der Waals surface area contributed by atoms with Crippen LogP contribution in [0.3, 0.4) is 0 Å². The van der Waals surface area contributed by atoms with Crippen LogP contribution in [0.5, 0.6) is 0 Å². The molecule has 0 aromatic rings. The second kappa shape index (κ2) is 6.44. The van der Waals surface area contributed by atoms with Crippen LogP contribution in [0.4, 0.5) is 0 Å². The molecule has 2 fully saturated rings. The molecule has 0 amide bonds. The molecule has 1 saturated heterocycles. The molecule has 0 spiro atoms. The minimum absolute atomic E-state index is 0.199. The summed E-state index contributed by atoms with van der Waals surface area (Å²) in [7, 11) is 0. The van der Waals surface area contributed by atoms with Crippen LogP contribution in [0, 0.1) is 5.92 Å². The first-order valence-electron chi connectivity index (χ1n) is 8.16. The summed E-state index contributed by atoms with van der Waals surface area (Å²) in [5, 5.41) is 12.6. The Hall–Kier alpha value is -0.610. The maximum absolute atomic E-state index is 11.4. The molecule has 20 heavy (non-hydrogen) atoms. The van der Waals surface area contributed by atoms with Crippen molar-refractivity contribution in [3.63, 3.8) is 0 Å². The number of likely N-dealkylation sites (tertiary alicyclic amines) is 1. The van der Waals surface area contributed by atoms with Gasteiger partial charge in [-0.1, -0.05) is 0 Å². The summed E-state index contributed by atoms with van der Waals surface area (Å²) in [4.78, 5) is 14.1. The summed E-state index contributed by atoms with van der Waals surface area (Å²) < 4.78 is 0. The summed E-state index contributed by atoms with van der Waals surface area (Å²) in [5.41, 5.74) is -0.780. The van der Waals surface area contributed by atoms with Gasteiger partial charge in [0, 0.05) is 18.6 Å². The van der Waals surface area contributed by atoms with Crippen LogP contribution in [-0.2, 0) is 4.79 Å². The molecule has 2 aliphatic rings. The van der Waals surface area contributed by atoms with E-state index in [4.69, 9.17) is 0 Å². The fourth-order valence-electron chi connectivity index (χ4n) is 3.97. The van der Waals surface area contributed by atoms with E-state index >= 15 is 0 Å². The van der Waals surface area contributed by atoms with Crippen molar-refractivity contribution in [2.24, 2.45) is 5.92 Å². The first-order chi connectivity index (χ1) is 9.40. The SMILES string of the molecule is CC(C)NC(C)(CCCCN1CC2CCC1C2)C(=O)O. The second-order valence-corrected chi connectivity index (χ2v) is 7.22. The van der Waals surface area contributed by atoms with E-state index in [9.17, 15) is 9.90 Å². The lowest BCUT2D eigenvalue weighted by atomic mass is 9.94. The third-order valence-electron chi connectivity index (χ3n) is 4.97. The number of hydrogen-bond acceptors (Lipinski definition) is 3. The Morgan fingerprint density at radius 2 is 2.15 bits per heavy atom. The number of unbranched alkanes of at least 4 members (excludes halogenated alkanes) is 1. The number of piperidine rings is 1. The molecule has 2 rings (SSSR count). The van der Waals surface area contributed by atoms with Crippen molar-refractivity contribution in [3.05, 3.63) is 0 Å². The molecule has 2 N–H and O–H groups in total. The quantitative estimate of drug-likeness (QED) is 0.672. The number of aliphatic carboxylic acids is 1. The van der Waals surface area contributed by atoms with Gasteiger partial charge in [-0.05, 0) is 71.8 Å².